The van der Waals surface area contributed by atoms with Gasteiger partial charge in [-0.1, -0.05) is 51.8 Å². The molecule has 78 valence electrons. The summed E-state index contributed by atoms with van der Waals surface area (Å²) in [6, 6.07) is 12.0. The van der Waals surface area contributed by atoms with Crippen molar-refractivity contribution in [2.24, 2.45) is 0 Å². The maximum Gasteiger partial charge on any atom is 0.0796 e. The average molecular weight is 293 g/mol. The molecular weight excluding hydrogens is 286 g/mol. The quantitative estimate of drug-likeness (QED) is 0.542. The largest absolute Gasteiger partial charge is 0.255 e. The lowest BCUT2D eigenvalue weighted by atomic mass is 10.1. The molecule has 0 spiro atoms. The van der Waals surface area contributed by atoms with E-state index >= 15 is 0 Å². The molecule has 0 saturated heterocycles. The second-order valence-electron chi connectivity index (χ2n) is 3.59. The molecule has 3 heteroatoms. The Balaban J connectivity index is 2.64. The van der Waals surface area contributed by atoms with Gasteiger partial charge in [0.15, 0.2) is 0 Å². The van der Waals surface area contributed by atoms with E-state index in [2.05, 4.69) is 33.0 Å². The summed E-state index contributed by atoms with van der Waals surface area (Å²) in [4.78, 5) is 4.41. The highest BCUT2D eigenvalue weighted by molar-refractivity contribution is 9.10. The topological polar surface area (TPSA) is 12.9 Å². The third-order valence-electron chi connectivity index (χ3n) is 2.65. The van der Waals surface area contributed by atoms with Crippen LogP contribution in [0, 0.1) is 0 Å². The van der Waals surface area contributed by atoms with Crippen LogP contribution in [0.3, 0.4) is 0 Å². The number of halogens is 2. The van der Waals surface area contributed by atoms with Crippen LogP contribution < -0.4 is 0 Å². The SMILES string of the molecule is Clc1ccnc2c1cc(Br)c1ccccc12. The summed E-state index contributed by atoms with van der Waals surface area (Å²) in [5, 5.41) is 3.99. The Kier molecular flexibility index (Phi) is 2.34. The van der Waals surface area contributed by atoms with Gasteiger partial charge in [0.2, 0.25) is 0 Å². The summed E-state index contributed by atoms with van der Waals surface area (Å²) < 4.78 is 1.05. The van der Waals surface area contributed by atoms with Gasteiger partial charge in [-0.15, -0.1) is 0 Å². The van der Waals surface area contributed by atoms with Crippen molar-refractivity contribution in [3.63, 3.8) is 0 Å². The van der Waals surface area contributed by atoms with Crippen molar-refractivity contribution in [2.45, 2.75) is 0 Å². The van der Waals surface area contributed by atoms with Gasteiger partial charge in [0.25, 0.3) is 0 Å². The van der Waals surface area contributed by atoms with Gasteiger partial charge in [-0.2, -0.15) is 0 Å². The molecule has 16 heavy (non-hydrogen) atoms. The smallest absolute Gasteiger partial charge is 0.0796 e. The molecule has 0 fully saturated rings. The zero-order valence-corrected chi connectivity index (χ0v) is 10.6. The Morgan fingerprint density at radius 3 is 2.56 bits per heavy atom. The fraction of sp³-hybridized carbons (Fsp3) is 0. The fourth-order valence-electron chi connectivity index (χ4n) is 1.90. The van der Waals surface area contributed by atoms with Gasteiger partial charge in [0.05, 0.1) is 10.5 Å². The first-order valence-electron chi connectivity index (χ1n) is 4.89. The van der Waals surface area contributed by atoms with Crippen LogP contribution >= 0.6 is 27.5 Å². The second-order valence-corrected chi connectivity index (χ2v) is 4.85. The van der Waals surface area contributed by atoms with E-state index < -0.39 is 0 Å². The van der Waals surface area contributed by atoms with E-state index in [1.807, 2.05) is 24.3 Å². The lowest BCUT2D eigenvalue weighted by Crippen LogP contribution is -1.83. The van der Waals surface area contributed by atoms with Crippen molar-refractivity contribution in [3.8, 4) is 0 Å². The highest BCUT2D eigenvalue weighted by atomic mass is 79.9. The van der Waals surface area contributed by atoms with E-state index in [9.17, 15) is 0 Å². The summed E-state index contributed by atoms with van der Waals surface area (Å²) in [5.74, 6) is 0. The predicted octanol–water partition coefficient (Wildman–Crippen LogP) is 4.80. The van der Waals surface area contributed by atoms with Crippen LogP contribution in [0.25, 0.3) is 21.7 Å². The molecule has 0 atom stereocenters. The highest BCUT2D eigenvalue weighted by Gasteiger charge is 2.07. The molecule has 0 amide bonds. The number of benzene rings is 2. The zero-order chi connectivity index (χ0) is 11.1. The van der Waals surface area contributed by atoms with E-state index in [0.717, 1.165) is 31.2 Å². The van der Waals surface area contributed by atoms with Gasteiger partial charge < -0.3 is 0 Å². The van der Waals surface area contributed by atoms with E-state index in [4.69, 9.17) is 11.6 Å². The van der Waals surface area contributed by atoms with Gasteiger partial charge in [-0.05, 0) is 17.5 Å². The zero-order valence-electron chi connectivity index (χ0n) is 8.24. The average Bonchev–Trinajstić information content (AvgIpc) is 2.31. The standard InChI is InChI=1S/C13H7BrClN/c14-11-7-10-12(15)5-6-16-13(10)9-4-2-1-3-8(9)11/h1-7H. The van der Waals surface area contributed by atoms with Crippen molar-refractivity contribution < 1.29 is 0 Å². The summed E-state index contributed by atoms with van der Waals surface area (Å²) in [7, 11) is 0. The molecular formula is C13H7BrClN. The molecule has 0 bridgehead atoms. The van der Waals surface area contributed by atoms with Crippen LogP contribution in [0.15, 0.2) is 47.1 Å². The van der Waals surface area contributed by atoms with Crippen LogP contribution in [-0.4, -0.2) is 4.98 Å². The molecule has 1 nitrogen and oxygen atoms in total. The Hall–Kier alpha value is -1.12. The van der Waals surface area contributed by atoms with Gasteiger partial charge >= 0.3 is 0 Å². The molecule has 0 unspecified atom stereocenters. The molecule has 0 radical (unpaired) electrons. The summed E-state index contributed by atoms with van der Waals surface area (Å²) in [6.45, 7) is 0. The van der Waals surface area contributed by atoms with Crippen molar-refractivity contribution in [1.29, 1.82) is 0 Å². The Morgan fingerprint density at radius 2 is 1.75 bits per heavy atom. The first-order chi connectivity index (χ1) is 7.77. The van der Waals surface area contributed by atoms with Gasteiger partial charge in [0.1, 0.15) is 0 Å². The van der Waals surface area contributed by atoms with E-state index in [-0.39, 0.29) is 0 Å². The van der Waals surface area contributed by atoms with Crippen molar-refractivity contribution >= 4 is 49.2 Å². The molecule has 1 heterocycles. The van der Waals surface area contributed by atoms with Gasteiger partial charge in [0, 0.05) is 21.4 Å². The third kappa shape index (κ3) is 1.41. The van der Waals surface area contributed by atoms with Crippen molar-refractivity contribution in [3.05, 3.63) is 52.1 Å². The monoisotopic (exact) mass is 291 g/mol. The Labute approximate surface area is 106 Å². The van der Waals surface area contributed by atoms with E-state index in [0.29, 0.717) is 0 Å². The number of fused-ring (bicyclic) bond motifs is 3. The summed E-state index contributed by atoms with van der Waals surface area (Å²) >= 11 is 9.73. The minimum absolute atomic E-state index is 0.733. The summed E-state index contributed by atoms with van der Waals surface area (Å²) in [5.41, 5.74) is 0.950. The molecule has 0 saturated carbocycles. The van der Waals surface area contributed by atoms with Crippen LogP contribution in [0.5, 0.6) is 0 Å². The van der Waals surface area contributed by atoms with Crippen molar-refractivity contribution in [2.75, 3.05) is 0 Å². The Bertz CT molecular complexity index is 689. The number of hydrogen-bond donors (Lipinski definition) is 0. The minimum atomic E-state index is 0.733. The third-order valence-corrected chi connectivity index (χ3v) is 3.63. The number of rotatable bonds is 0. The normalized spacial score (nSPS) is 11.1. The van der Waals surface area contributed by atoms with Crippen LogP contribution in [0.1, 0.15) is 0 Å². The Morgan fingerprint density at radius 1 is 1.00 bits per heavy atom. The lowest BCUT2D eigenvalue weighted by Gasteiger charge is -2.06. The molecule has 3 rings (SSSR count). The molecule has 0 aliphatic carbocycles. The molecule has 0 aliphatic rings. The maximum atomic E-state index is 6.17. The molecule has 1 aromatic heterocycles. The first kappa shape index (κ1) is 10.1. The number of hydrogen-bond acceptors (Lipinski definition) is 1. The van der Waals surface area contributed by atoms with E-state index in [1.54, 1.807) is 6.20 Å². The molecule has 3 aromatic rings. The molecule has 0 N–H and O–H groups in total. The highest BCUT2D eigenvalue weighted by Crippen LogP contribution is 2.33. The predicted molar refractivity (Wildman–Crippen MR) is 72.0 cm³/mol. The van der Waals surface area contributed by atoms with Crippen LogP contribution in [-0.2, 0) is 0 Å². The summed E-state index contributed by atoms with van der Waals surface area (Å²) in [6.07, 6.45) is 1.74. The van der Waals surface area contributed by atoms with Gasteiger partial charge in [-0.25, -0.2) is 0 Å². The van der Waals surface area contributed by atoms with E-state index in [1.165, 1.54) is 0 Å². The lowest BCUT2D eigenvalue weighted by molar-refractivity contribution is 1.43. The van der Waals surface area contributed by atoms with Gasteiger partial charge in [-0.3, -0.25) is 4.98 Å². The first-order valence-corrected chi connectivity index (χ1v) is 6.06. The number of aromatic nitrogens is 1. The second kappa shape index (κ2) is 3.72. The van der Waals surface area contributed by atoms with Crippen molar-refractivity contribution in [1.82, 2.24) is 4.98 Å². The number of nitrogens with zero attached hydrogens (tertiary/aromatic N) is 1. The fourth-order valence-corrected chi connectivity index (χ4v) is 2.68. The molecule has 2 aromatic carbocycles. The maximum absolute atomic E-state index is 6.17. The molecule has 0 aliphatic heterocycles. The number of pyridine rings is 1. The van der Waals surface area contributed by atoms with Crippen LogP contribution in [0.4, 0.5) is 0 Å². The van der Waals surface area contributed by atoms with Crippen LogP contribution in [0.2, 0.25) is 5.02 Å². The minimum Gasteiger partial charge on any atom is -0.255 e.